The lowest BCUT2D eigenvalue weighted by molar-refractivity contribution is -0.172. The molecule has 1 aliphatic rings. The maximum Gasteiger partial charge on any atom is 0.323 e. The van der Waals surface area contributed by atoms with Crippen LogP contribution in [-0.2, 0) is 14.3 Å². The molecule has 4 heteroatoms. The Balaban J connectivity index is 2.85. The molecule has 0 saturated heterocycles. The summed E-state index contributed by atoms with van der Waals surface area (Å²) in [5.74, 6) is -1.61. The molecule has 0 spiro atoms. The van der Waals surface area contributed by atoms with Crippen molar-refractivity contribution < 1.29 is 19.4 Å². The van der Waals surface area contributed by atoms with E-state index in [0.717, 1.165) is 12.8 Å². The van der Waals surface area contributed by atoms with Crippen molar-refractivity contribution in [3.05, 3.63) is 0 Å². The van der Waals surface area contributed by atoms with Gasteiger partial charge in [-0.1, -0.05) is 13.8 Å². The van der Waals surface area contributed by atoms with Crippen LogP contribution in [-0.4, -0.2) is 23.7 Å². The third kappa shape index (κ3) is 2.36. The number of ether oxygens (including phenoxy) is 1. The summed E-state index contributed by atoms with van der Waals surface area (Å²) in [6, 6.07) is 0. The number of hydrogen-bond acceptors (Lipinski definition) is 3. The van der Waals surface area contributed by atoms with Crippen molar-refractivity contribution in [2.24, 2.45) is 10.8 Å². The van der Waals surface area contributed by atoms with E-state index in [1.807, 2.05) is 0 Å². The van der Waals surface area contributed by atoms with Crippen molar-refractivity contribution in [2.45, 2.75) is 46.5 Å². The Bertz CT molecular complexity index is 283. The van der Waals surface area contributed by atoms with E-state index in [4.69, 9.17) is 4.74 Å². The van der Waals surface area contributed by atoms with Gasteiger partial charge >= 0.3 is 11.9 Å². The van der Waals surface area contributed by atoms with Gasteiger partial charge in [0.2, 0.25) is 0 Å². The first-order chi connectivity index (χ1) is 7.34. The topological polar surface area (TPSA) is 63.6 Å². The SMILES string of the molecule is CCOC(=O)C1(C(=O)O)CCC(C)(C)CC1. The zero-order valence-electron chi connectivity index (χ0n) is 10.2. The number of esters is 1. The number of carbonyl (C=O) groups excluding carboxylic acids is 1. The van der Waals surface area contributed by atoms with E-state index in [0.29, 0.717) is 12.8 Å². The highest BCUT2D eigenvalue weighted by Crippen LogP contribution is 2.45. The third-order valence-electron chi connectivity index (χ3n) is 3.53. The first-order valence-corrected chi connectivity index (χ1v) is 5.75. The van der Waals surface area contributed by atoms with Crippen molar-refractivity contribution in [3.63, 3.8) is 0 Å². The van der Waals surface area contributed by atoms with Crippen LogP contribution in [0.3, 0.4) is 0 Å². The Hall–Kier alpha value is -1.06. The van der Waals surface area contributed by atoms with Crippen molar-refractivity contribution in [1.82, 2.24) is 0 Å². The fourth-order valence-electron chi connectivity index (χ4n) is 2.13. The third-order valence-corrected chi connectivity index (χ3v) is 3.53. The van der Waals surface area contributed by atoms with Crippen LogP contribution in [0, 0.1) is 10.8 Å². The van der Waals surface area contributed by atoms with Gasteiger partial charge in [-0.2, -0.15) is 0 Å². The van der Waals surface area contributed by atoms with E-state index < -0.39 is 17.4 Å². The molecule has 1 N–H and O–H groups in total. The molecule has 0 aromatic heterocycles. The highest BCUT2D eigenvalue weighted by Gasteiger charge is 2.51. The van der Waals surface area contributed by atoms with Gasteiger partial charge in [0, 0.05) is 0 Å². The fraction of sp³-hybridized carbons (Fsp3) is 0.833. The second kappa shape index (κ2) is 4.44. The molecule has 0 atom stereocenters. The predicted molar refractivity (Wildman–Crippen MR) is 59.0 cm³/mol. The molecule has 0 aromatic rings. The van der Waals surface area contributed by atoms with Gasteiger partial charge in [0.15, 0.2) is 5.41 Å². The van der Waals surface area contributed by atoms with Crippen LogP contribution in [0.2, 0.25) is 0 Å². The zero-order chi connectivity index (χ0) is 12.4. The molecule has 92 valence electrons. The molecule has 0 bridgehead atoms. The maximum atomic E-state index is 11.8. The smallest absolute Gasteiger partial charge is 0.323 e. The zero-order valence-corrected chi connectivity index (χ0v) is 10.2. The highest BCUT2D eigenvalue weighted by molar-refractivity contribution is 5.99. The van der Waals surface area contributed by atoms with Gasteiger partial charge < -0.3 is 9.84 Å². The Kier molecular flexibility index (Phi) is 3.61. The van der Waals surface area contributed by atoms with Crippen LogP contribution in [0.5, 0.6) is 0 Å². The van der Waals surface area contributed by atoms with E-state index in [1.165, 1.54) is 0 Å². The number of hydrogen-bond donors (Lipinski definition) is 1. The molecule has 0 heterocycles. The van der Waals surface area contributed by atoms with Crippen LogP contribution in [0.1, 0.15) is 46.5 Å². The number of rotatable bonds is 3. The summed E-state index contributed by atoms with van der Waals surface area (Å²) in [6.07, 6.45) is 2.26. The minimum Gasteiger partial charge on any atom is -0.480 e. The minimum absolute atomic E-state index is 0.130. The average molecular weight is 228 g/mol. The minimum atomic E-state index is -1.30. The van der Waals surface area contributed by atoms with E-state index in [9.17, 15) is 14.7 Å². The summed E-state index contributed by atoms with van der Waals surface area (Å²) < 4.78 is 4.89. The Morgan fingerprint density at radius 3 is 2.06 bits per heavy atom. The maximum absolute atomic E-state index is 11.8. The predicted octanol–water partition coefficient (Wildman–Crippen LogP) is 2.22. The van der Waals surface area contributed by atoms with E-state index in [2.05, 4.69) is 13.8 Å². The van der Waals surface area contributed by atoms with Gasteiger partial charge in [-0.05, 0) is 38.0 Å². The van der Waals surface area contributed by atoms with Gasteiger partial charge in [-0.15, -0.1) is 0 Å². The first-order valence-electron chi connectivity index (χ1n) is 5.75. The van der Waals surface area contributed by atoms with Crippen molar-refractivity contribution in [3.8, 4) is 0 Å². The molecule has 16 heavy (non-hydrogen) atoms. The number of carboxylic acid groups (broad SMARTS) is 1. The van der Waals surface area contributed by atoms with Crippen LogP contribution in [0.15, 0.2) is 0 Å². The molecule has 0 unspecified atom stereocenters. The number of aliphatic carboxylic acids is 1. The van der Waals surface area contributed by atoms with Crippen LogP contribution in [0.25, 0.3) is 0 Å². The molecule has 1 rings (SSSR count). The van der Waals surface area contributed by atoms with Crippen molar-refractivity contribution in [1.29, 1.82) is 0 Å². The summed E-state index contributed by atoms with van der Waals surface area (Å²) in [5.41, 5.74) is -1.17. The molecule has 4 nitrogen and oxygen atoms in total. The fourth-order valence-corrected chi connectivity index (χ4v) is 2.13. The summed E-state index contributed by atoms with van der Waals surface area (Å²) in [5, 5.41) is 9.26. The first kappa shape index (κ1) is 13.0. The highest BCUT2D eigenvalue weighted by atomic mass is 16.5. The molecule has 0 aromatic carbocycles. The largest absolute Gasteiger partial charge is 0.480 e. The second-order valence-corrected chi connectivity index (χ2v) is 5.27. The summed E-state index contributed by atoms with van der Waals surface area (Å²) in [7, 11) is 0. The standard InChI is InChI=1S/C12H20O4/c1-4-16-10(15)12(9(13)14)7-5-11(2,3)6-8-12/h4-8H2,1-3H3,(H,13,14). The number of carboxylic acids is 1. The van der Waals surface area contributed by atoms with Crippen molar-refractivity contribution in [2.75, 3.05) is 6.61 Å². The molecular formula is C12H20O4. The molecule has 0 aliphatic heterocycles. The molecule has 1 saturated carbocycles. The lowest BCUT2D eigenvalue weighted by atomic mass is 9.65. The van der Waals surface area contributed by atoms with E-state index in [1.54, 1.807) is 6.92 Å². The van der Waals surface area contributed by atoms with E-state index in [-0.39, 0.29) is 12.0 Å². The van der Waals surface area contributed by atoms with Gasteiger partial charge in [-0.25, -0.2) is 0 Å². The van der Waals surface area contributed by atoms with E-state index >= 15 is 0 Å². The number of carbonyl (C=O) groups is 2. The Morgan fingerprint density at radius 2 is 1.69 bits per heavy atom. The molecule has 0 amide bonds. The van der Waals surface area contributed by atoms with Crippen LogP contribution < -0.4 is 0 Å². The molecule has 0 radical (unpaired) electrons. The lowest BCUT2D eigenvalue weighted by Gasteiger charge is -2.38. The van der Waals surface area contributed by atoms with Gasteiger partial charge in [0.05, 0.1) is 6.61 Å². The summed E-state index contributed by atoms with van der Waals surface area (Å²) in [6.45, 7) is 6.13. The lowest BCUT2D eigenvalue weighted by Crippen LogP contribution is -2.45. The quantitative estimate of drug-likeness (QED) is 0.594. The summed E-state index contributed by atoms with van der Waals surface area (Å²) >= 11 is 0. The van der Waals surface area contributed by atoms with Gasteiger partial charge in [0.1, 0.15) is 0 Å². The van der Waals surface area contributed by atoms with Gasteiger partial charge in [-0.3, -0.25) is 9.59 Å². The van der Waals surface area contributed by atoms with Gasteiger partial charge in [0.25, 0.3) is 0 Å². The molecule has 1 fully saturated rings. The normalized spacial score (nSPS) is 22.4. The Morgan fingerprint density at radius 1 is 1.19 bits per heavy atom. The van der Waals surface area contributed by atoms with Crippen LogP contribution >= 0.6 is 0 Å². The second-order valence-electron chi connectivity index (χ2n) is 5.27. The Labute approximate surface area is 96.0 Å². The average Bonchev–Trinajstić information content (AvgIpc) is 2.18. The molecule has 1 aliphatic carbocycles. The monoisotopic (exact) mass is 228 g/mol. The van der Waals surface area contributed by atoms with Crippen molar-refractivity contribution >= 4 is 11.9 Å². The van der Waals surface area contributed by atoms with Crippen LogP contribution in [0.4, 0.5) is 0 Å². The molecular weight excluding hydrogens is 208 g/mol. The summed E-state index contributed by atoms with van der Waals surface area (Å²) in [4.78, 5) is 23.1.